The Bertz CT molecular complexity index is 122. The number of thioether (sulfide) groups is 1. The van der Waals surface area contributed by atoms with Gasteiger partial charge in [0.1, 0.15) is 5.44 Å². The van der Waals surface area contributed by atoms with Crippen LogP contribution in [0.2, 0.25) is 0 Å². The average molecular weight is 190 g/mol. The van der Waals surface area contributed by atoms with Gasteiger partial charge in [-0.15, -0.1) is 11.8 Å². The molecule has 1 rings (SSSR count). The molecule has 0 spiro atoms. The van der Waals surface area contributed by atoms with Crippen molar-refractivity contribution in [3.63, 3.8) is 0 Å². The third-order valence-electron chi connectivity index (χ3n) is 2.36. The van der Waals surface area contributed by atoms with E-state index in [4.69, 9.17) is 4.74 Å². The summed E-state index contributed by atoms with van der Waals surface area (Å²) in [4.78, 5) is 0. The first-order valence-electron chi connectivity index (χ1n) is 4.58. The first-order valence-corrected chi connectivity index (χ1v) is 5.87. The number of hydrogen-bond acceptors (Lipinski definition) is 3. The maximum Gasteiger partial charge on any atom is 0.100 e. The van der Waals surface area contributed by atoms with Crippen molar-refractivity contribution in [1.82, 2.24) is 0 Å². The first kappa shape index (κ1) is 10.4. The Morgan fingerprint density at radius 3 is 2.42 bits per heavy atom. The zero-order valence-corrected chi connectivity index (χ0v) is 8.64. The molecule has 0 radical (unpaired) electrons. The van der Waals surface area contributed by atoms with E-state index in [1.165, 1.54) is 0 Å². The van der Waals surface area contributed by atoms with Crippen molar-refractivity contribution in [2.45, 2.75) is 50.3 Å². The second kappa shape index (κ2) is 5.10. The third-order valence-corrected chi connectivity index (χ3v) is 3.13. The molecule has 12 heavy (non-hydrogen) atoms. The summed E-state index contributed by atoms with van der Waals surface area (Å²) in [6.45, 7) is 2.08. The fourth-order valence-corrected chi connectivity index (χ4v) is 1.78. The van der Waals surface area contributed by atoms with E-state index in [1.54, 1.807) is 11.8 Å². The van der Waals surface area contributed by atoms with E-state index in [0.717, 1.165) is 25.7 Å². The second-order valence-electron chi connectivity index (χ2n) is 3.37. The highest BCUT2D eigenvalue weighted by molar-refractivity contribution is 7.99. The number of aliphatic hydroxyl groups is 1. The Labute approximate surface area is 78.7 Å². The summed E-state index contributed by atoms with van der Waals surface area (Å²) in [6, 6.07) is 0. The highest BCUT2D eigenvalue weighted by Crippen LogP contribution is 2.23. The van der Waals surface area contributed by atoms with Crippen molar-refractivity contribution in [1.29, 1.82) is 0 Å². The van der Waals surface area contributed by atoms with Gasteiger partial charge in [-0.3, -0.25) is 0 Å². The predicted molar refractivity (Wildman–Crippen MR) is 52.3 cm³/mol. The molecule has 72 valence electrons. The molecule has 2 nitrogen and oxygen atoms in total. The van der Waals surface area contributed by atoms with Crippen LogP contribution in [0.1, 0.15) is 32.6 Å². The van der Waals surface area contributed by atoms with Crippen LogP contribution in [0, 0.1) is 0 Å². The van der Waals surface area contributed by atoms with Crippen LogP contribution < -0.4 is 0 Å². The minimum absolute atomic E-state index is 0.0746. The van der Waals surface area contributed by atoms with E-state index in [9.17, 15) is 5.11 Å². The minimum Gasteiger partial charge on any atom is -0.393 e. The van der Waals surface area contributed by atoms with Gasteiger partial charge >= 0.3 is 0 Å². The third kappa shape index (κ3) is 3.33. The summed E-state index contributed by atoms with van der Waals surface area (Å²) in [5.74, 6) is 0. The number of hydrogen-bond donors (Lipinski definition) is 1. The van der Waals surface area contributed by atoms with Gasteiger partial charge in [0.15, 0.2) is 0 Å². The quantitative estimate of drug-likeness (QED) is 0.690. The Kier molecular flexibility index (Phi) is 4.40. The summed E-state index contributed by atoms with van der Waals surface area (Å²) in [5, 5.41) is 9.26. The van der Waals surface area contributed by atoms with E-state index in [-0.39, 0.29) is 6.10 Å². The lowest BCUT2D eigenvalue weighted by molar-refractivity contribution is -0.00928. The van der Waals surface area contributed by atoms with E-state index in [1.807, 2.05) is 0 Å². The van der Waals surface area contributed by atoms with Crippen molar-refractivity contribution in [3.8, 4) is 0 Å². The van der Waals surface area contributed by atoms with Crippen molar-refractivity contribution in [2.24, 2.45) is 0 Å². The minimum atomic E-state index is -0.0746. The van der Waals surface area contributed by atoms with Gasteiger partial charge in [-0.05, 0) is 38.9 Å². The first-order chi connectivity index (χ1) is 5.72. The molecule has 0 saturated heterocycles. The number of ether oxygens (including phenoxy) is 1. The molecule has 1 saturated carbocycles. The average Bonchev–Trinajstić information content (AvgIpc) is 2.09. The second-order valence-corrected chi connectivity index (χ2v) is 4.51. The Morgan fingerprint density at radius 2 is 1.92 bits per heavy atom. The maximum atomic E-state index is 9.26. The van der Waals surface area contributed by atoms with E-state index < -0.39 is 0 Å². The Hall–Kier alpha value is 0.270. The van der Waals surface area contributed by atoms with Gasteiger partial charge in [-0.2, -0.15) is 0 Å². The SMILES string of the molecule is CSC(C)OC1CCC(O)CC1. The van der Waals surface area contributed by atoms with Crippen LogP contribution in [0.5, 0.6) is 0 Å². The van der Waals surface area contributed by atoms with Crippen LogP contribution >= 0.6 is 11.8 Å². The zero-order chi connectivity index (χ0) is 8.97. The fraction of sp³-hybridized carbons (Fsp3) is 1.00. The lowest BCUT2D eigenvalue weighted by Gasteiger charge is -2.27. The van der Waals surface area contributed by atoms with Crippen LogP contribution in [-0.2, 0) is 4.74 Å². The summed E-state index contributed by atoms with van der Waals surface area (Å²) in [5.41, 5.74) is 0.297. The number of rotatable bonds is 3. The molecule has 1 aliphatic rings. The maximum absolute atomic E-state index is 9.26. The van der Waals surface area contributed by atoms with Crippen molar-refractivity contribution in [3.05, 3.63) is 0 Å². The zero-order valence-electron chi connectivity index (χ0n) is 7.82. The van der Waals surface area contributed by atoms with Gasteiger partial charge in [0.05, 0.1) is 12.2 Å². The molecular weight excluding hydrogens is 172 g/mol. The fourth-order valence-electron chi connectivity index (χ4n) is 1.51. The van der Waals surface area contributed by atoms with E-state index in [0.29, 0.717) is 11.5 Å². The molecule has 0 aromatic carbocycles. The van der Waals surface area contributed by atoms with Crippen LogP contribution in [0.3, 0.4) is 0 Å². The van der Waals surface area contributed by atoms with Gasteiger partial charge in [0.25, 0.3) is 0 Å². The molecule has 0 amide bonds. The molecule has 1 N–H and O–H groups in total. The van der Waals surface area contributed by atoms with Crippen molar-refractivity contribution in [2.75, 3.05) is 6.26 Å². The van der Waals surface area contributed by atoms with Gasteiger partial charge in [-0.25, -0.2) is 0 Å². The van der Waals surface area contributed by atoms with Crippen LogP contribution in [0.25, 0.3) is 0 Å². The topological polar surface area (TPSA) is 29.5 Å². The predicted octanol–water partition coefficient (Wildman–Crippen LogP) is 2.02. The van der Waals surface area contributed by atoms with Gasteiger partial charge < -0.3 is 9.84 Å². The van der Waals surface area contributed by atoms with Gasteiger partial charge in [0, 0.05) is 0 Å². The highest BCUT2D eigenvalue weighted by atomic mass is 32.2. The standard InChI is InChI=1S/C9H18O2S/c1-7(12-2)11-9-5-3-8(10)4-6-9/h7-10H,3-6H2,1-2H3. The molecule has 0 aliphatic heterocycles. The lowest BCUT2D eigenvalue weighted by atomic mass is 9.95. The molecule has 0 aromatic heterocycles. The molecular formula is C9H18O2S. The summed E-state index contributed by atoms with van der Waals surface area (Å²) < 4.78 is 5.74. The molecule has 0 heterocycles. The van der Waals surface area contributed by atoms with Gasteiger partial charge in [0.2, 0.25) is 0 Å². The van der Waals surface area contributed by atoms with Crippen molar-refractivity contribution < 1.29 is 9.84 Å². The Balaban J connectivity index is 2.17. The molecule has 1 unspecified atom stereocenters. The molecule has 0 aromatic rings. The molecule has 3 heteroatoms. The summed E-state index contributed by atoms with van der Waals surface area (Å²) in [6.07, 6.45) is 6.23. The molecule has 0 bridgehead atoms. The molecule has 1 atom stereocenters. The van der Waals surface area contributed by atoms with Crippen LogP contribution in [0.15, 0.2) is 0 Å². The summed E-state index contributed by atoms with van der Waals surface area (Å²) in [7, 11) is 0. The lowest BCUT2D eigenvalue weighted by Crippen LogP contribution is -2.26. The van der Waals surface area contributed by atoms with E-state index >= 15 is 0 Å². The smallest absolute Gasteiger partial charge is 0.100 e. The number of aliphatic hydroxyl groups excluding tert-OH is 1. The van der Waals surface area contributed by atoms with Crippen LogP contribution in [-0.4, -0.2) is 29.0 Å². The van der Waals surface area contributed by atoms with Gasteiger partial charge in [-0.1, -0.05) is 0 Å². The molecule has 1 aliphatic carbocycles. The normalized spacial score (nSPS) is 33.2. The highest BCUT2D eigenvalue weighted by Gasteiger charge is 2.20. The monoisotopic (exact) mass is 190 g/mol. The molecule has 1 fully saturated rings. The Morgan fingerprint density at radius 1 is 1.33 bits per heavy atom. The van der Waals surface area contributed by atoms with E-state index in [2.05, 4.69) is 13.2 Å². The van der Waals surface area contributed by atoms with Crippen molar-refractivity contribution >= 4 is 11.8 Å². The summed E-state index contributed by atoms with van der Waals surface area (Å²) >= 11 is 1.73. The van der Waals surface area contributed by atoms with Crippen LogP contribution in [0.4, 0.5) is 0 Å². The largest absolute Gasteiger partial charge is 0.393 e.